The summed E-state index contributed by atoms with van der Waals surface area (Å²) in [5, 5.41) is 5.37. The lowest BCUT2D eigenvalue weighted by Crippen LogP contribution is -2.58. The maximum absolute atomic E-state index is 13.5. The molecule has 40 heavy (non-hydrogen) atoms. The standard InChI is InChI=1S/C30H56N2O8/c1-14-16-18-28(11,31-24(35)39-26(5,6)7)22(33)37-20-30(13,21(3)4)38-23(34)29(12,19-17-15-2)32-25(36)40-27(8,9)10/h21H,14-20H2,1-13H3,(H,31,35)(H,32,36)/t28-,29-,30+/m1/s1. The summed E-state index contributed by atoms with van der Waals surface area (Å²) in [6.45, 7) is 22.7. The van der Waals surface area contributed by atoms with Gasteiger partial charge in [-0.1, -0.05) is 53.4 Å². The maximum Gasteiger partial charge on any atom is 0.408 e. The van der Waals surface area contributed by atoms with Crippen LogP contribution >= 0.6 is 0 Å². The van der Waals surface area contributed by atoms with E-state index in [1.807, 2.05) is 27.7 Å². The molecule has 0 bridgehead atoms. The lowest BCUT2D eigenvalue weighted by atomic mass is 9.90. The lowest BCUT2D eigenvalue weighted by Gasteiger charge is -2.38. The molecule has 0 aromatic carbocycles. The molecule has 0 saturated carbocycles. The first-order valence-corrected chi connectivity index (χ1v) is 14.5. The lowest BCUT2D eigenvalue weighted by molar-refractivity contribution is -0.184. The van der Waals surface area contributed by atoms with Crippen LogP contribution in [-0.4, -0.2) is 58.6 Å². The first kappa shape index (κ1) is 37.5. The van der Waals surface area contributed by atoms with E-state index in [0.29, 0.717) is 25.7 Å². The number of unbranched alkanes of at least 4 members (excludes halogenated alkanes) is 2. The van der Waals surface area contributed by atoms with Gasteiger partial charge < -0.3 is 29.6 Å². The first-order valence-electron chi connectivity index (χ1n) is 14.5. The summed E-state index contributed by atoms with van der Waals surface area (Å²) in [4.78, 5) is 52.0. The highest BCUT2D eigenvalue weighted by molar-refractivity contribution is 5.86. The summed E-state index contributed by atoms with van der Waals surface area (Å²) in [6, 6.07) is 0. The number of amides is 2. The van der Waals surface area contributed by atoms with Crippen molar-refractivity contribution in [2.75, 3.05) is 6.61 Å². The smallest absolute Gasteiger partial charge is 0.408 e. The quantitative estimate of drug-likeness (QED) is 0.180. The Bertz CT molecular complexity index is 861. The molecule has 2 N–H and O–H groups in total. The SMILES string of the molecule is CCCC[C@@](C)(NC(=O)OC(C)(C)C)C(=O)OC[C@](C)(OC(=O)[C@@](C)(CCCC)NC(=O)OC(C)(C)C)C(C)C. The Morgan fingerprint density at radius 2 is 1.00 bits per heavy atom. The van der Waals surface area contributed by atoms with Crippen LogP contribution in [-0.2, 0) is 28.5 Å². The Kier molecular flexibility index (Phi) is 14.0. The van der Waals surface area contributed by atoms with E-state index in [1.54, 1.807) is 62.3 Å². The van der Waals surface area contributed by atoms with Gasteiger partial charge in [-0.25, -0.2) is 19.2 Å². The van der Waals surface area contributed by atoms with Crippen LogP contribution in [0.25, 0.3) is 0 Å². The van der Waals surface area contributed by atoms with E-state index in [0.717, 1.165) is 12.8 Å². The largest absolute Gasteiger partial charge is 0.460 e. The van der Waals surface area contributed by atoms with E-state index in [1.165, 1.54) is 0 Å². The molecule has 0 saturated heterocycles. The number of alkyl carbamates (subject to hydrolysis) is 2. The van der Waals surface area contributed by atoms with E-state index in [-0.39, 0.29) is 12.5 Å². The predicted molar refractivity (Wildman–Crippen MR) is 155 cm³/mol. The molecule has 0 unspecified atom stereocenters. The summed E-state index contributed by atoms with van der Waals surface area (Å²) < 4.78 is 22.4. The fraction of sp³-hybridized carbons (Fsp3) is 0.867. The molecular weight excluding hydrogens is 516 g/mol. The van der Waals surface area contributed by atoms with E-state index in [2.05, 4.69) is 10.6 Å². The summed E-state index contributed by atoms with van der Waals surface area (Å²) in [6.07, 6.45) is 2.19. The molecule has 0 aliphatic carbocycles. The van der Waals surface area contributed by atoms with Crippen molar-refractivity contribution in [3.8, 4) is 0 Å². The Morgan fingerprint density at radius 1 is 0.625 bits per heavy atom. The molecule has 234 valence electrons. The van der Waals surface area contributed by atoms with Gasteiger partial charge in [0.1, 0.15) is 34.5 Å². The topological polar surface area (TPSA) is 129 Å². The normalized spacial score (nSPS) is 16.6. The Hall–Kier alpha value is -2.52. The molecule has 0 aliphatic rings. The molecular formula is C30H56N2O8. The third-order valence-electron chi connectivity index (χ3n) is 6.55. The molecule has 0 rings (SSSR count). The highest BCUT2D eigenvalue weighted by Crippen LogP contribution is 2.28. The maximum atomic E-state index is 13.5. The van der Waals surface area contributed by atoms with Crippen LogP contribution < -0.4 is 10.6 Å². The van der Waals surface area contributed by atoms with Crippen LogP contribution in [0, 0.1) is 5.92 Å². The number of ether oxygens (including phenoxy) is 4. The van der Waals surface area contributed by atoms with Gasteiger partial charge in [0.25, 0.3) is 0 Å². The molecule has 10 nitrogen and oxygen atoms in total. The third kappa shape index (κ3) is 13.2. The number of rotatable bonds is 14. The van der Waals surface area contributed by atoms with Gasteiger partial charge in [0.2, 0.25) is 0 Å². The highest BCUT2D eigenvalue weighted by atomic mass is 16.6. The third-order valence-corrected chi connectivity index (χ3v) is 6.55. The van der Waals surface area contributed by atoms with E-state index in [4.69, 9.17) is 18.9 Å². The van der Waals surface area contributed by atoms with Crippen molar-refractivity contribution < 1.29 is 38.1 Å². The van der Waals surface area contributed by atoms with Crippen LogP contribution in [0.3, 0.4) is 0 Å². The van der Waals surface area contributed by atoms with Crippen LogP contribution in [0.1, 0.15) is 129 Å². The number of nitrogens with one attached hydrogen (secondary N) is 2. The fourth-order valence-corrected chi connectivity index (χ4v) is 3.56. The van der Waals surface area contributed by atoms with Gasteiger partial charge in [-0.2, -0.15) is 0 Å². The Morgan fingerprint density at radius 3 is 1.32 bits per heavy atom. The number of hydrogen-bond donors (Lipinski definition) is 2. The van der Waals surface area contributed by atoms with E-state index >= 15 is 0 Å². The van der Waals surface area contributed by atoms with Crippen molar-refractivity contribution >= 4 is 24.1 Å². The summed E-state index contributed by atoms with van der Waals surface area (Å²) in [5.74, 6) is -1.56. The average Bonchev–Trinajstić information content (AvgIpc) is 2.76. The second-order valence-electron chi connectivity index (χ2n) is 13.6. The van der Waals surface area contributed by atoms with Gasteiger partial charge in [0, 0.05) is 0 Å². The molecule has 0 radical (unpaired) electrons. The Balaban J connectivity index is 5.84. The van der Waals surface area contributed by atoms with Gasteiger partial charge in [0.05, 0.1) is 0 Å². The second kappa shape index (κ2) is 14.9. The summed E-state index contributed by atoms with van der Waals surface area (Å²) in [7, 11) is 0. The van der Waals surface area contributed by atoms with Crippen molar-refractivity contribution in [2.24, 2.45) is 5.92 Å². The molecule has 2 amide bonds. The van der Waals surface area contributed by atoms with Gasteiger partial charge in [-0.3, -0.25) is 0 Å². The second-order valence-corrected chi connectivity index (χ2v) is 13.6. The number of carbonyl (C=O) groups is 4. The molecule has 0 aromatic heterocycles. The zero-order chi connectivity index (χ0) is 31.6. The number of hydrogen-bond acceptors (Lipinski definition) is 8. The minimum Gasteiger partial charge on any atom is -0.460 e. The monoisotopic (exact) mass is 572 g/mol. The predicted octanol–water partition coefficient (Wildman–Crippen LogP) is 6.43. The van der Waals surface area contributed by atoms with E-state index in [9.17, 15) is 19.2 Å². The highest BCUT2D eigenvalue weighted by Gasteiger charge is 2.45. The zero-order valence-corrected chi connectivity index (χ0v) is 27.3. The van der Waals surface area contributed by atoms with Crippen molar-refractivity contribution in [3.05, 3.63) is 0 Å². The zero-order valence-electron chi connectivity index (χ0n) is 27.3. The average molecular weight is 573 g/mol. The summed E-state index contributed by atoms with van der Waals surface area (Å²) in [5.41, 5.74) is -5.38. The minimum atomic E-state index is -1.35. The van der Waals surface area contributed by atoms with Crippen molar-refractivity contribution in [2.45, 2.75) is 156 Å². The summed E-state index contributed by atoms with van der Waals surface area (Å²) >= 11 is 0. The van der Waals surface area contributed by atoms with Gasteiger partial charge in [0.15, 0.2) is 0 Å². The van der Waals surface area contributed by atoms with Crippen molar-refractivity contribution in [3.63, 3.8) is 0 Å². The molecule has 0 heterocycles. The molecule has 0 aromatic rings. The molecule has 3 atom stereocenters. The van der Waals surface area contributed by atoms with E-state index < -0.39 is 52.0 Å². The van der Waals surface area contributed by atoms with Gasteiger partial charge in [-0.15, -0.1) is 0 Å². The van der Waals surface area contributed by atoms with Crippen LogP contribution in [0.2, 0.25) is 0 Å². The van der Waals surface area contributed by atoms with Crippen LogP contribution in [0.15, 0.2) is 0 Å². The number of carbonyl (C=O) groups excluding carboxylic acids is 4. The number of esters is 2. The molecule has 0 fully saturated rings. The Labute approximate surface area is 242 Å². The van der Waals surface area contributed by atoms with Crippen LogP contribution in [0.5, 0.6) is 0 Å². The molecule has 10 heteroatoms. The van der Waals surface area contributed by atoms with Gasteiger partial charge >= 0.3 is 24.1 Å². The fourth-order valence-electron chi connectivity index (χ4n) is 3.56. The molecule has 0 spiro atoms. The van der Waals surface area contributed by atoms with Gasteiger partial charge in [-0.05, 0) is 81.1 Å². The minimum absolute atomic E-state index is 0.247. The first-order chi connectivity index (χ1) is 18.0. The van der Waals surface area contributed by atoms with Crippen molar-refractivity contribution in [1.29, 1.82) is 0 Å². The van der Waals surface area contributed by atoms with Crippen molar-refractivity contribution in [1.82, 2.24) is 10.6 Å². The molecule has 0 aliphatic heterocycles. The van der Waals surface area contributed by atoms with Crippen LogP contribution in [0.4, 0.5) is 9.59 Å².